The molecule has 1 amide bonds. The molecule has 126 valence electrons. The molecule has 0 saturated carbocycles. The van der Waals surface area contributed by atoms with Gasteiger partial charge in [-0.15, -0.1) is 0 Å². The predicted octanol–water partition coefficient (Wildman–Crippen LogP) is 2.72. The van der Waals surface area contributed by atoms with Crippen LogP contribution in [0, 0.1) is 0 Å². The lowest BCUT2D eigenvalue weighted by atomic mass is 10.0. The summed E-state index contributed by atoms with van der Waals surface area (Å²) in [5, 5.41) is 2.40. The minimum Gasteiger partial charge on any atom is -0.464 e. The van der Waals surface area contributed by atoms with Gasteiger partial charge in [-0.1, -0.05) is 30.3 Å². The number of carbonyl (C=O) groups is 3. The summed E-state index contributed by atoms with van der Waals surface area (Å²) in [4.78, 5) is 36.0. The monoisotopic (exact) mass is 321 g/mol. The maximum atomic E-state index is 12.2. The fourth-order valence-electron chi connectivity index (χ4n) is 1.81. The molecule has 0 bridgehead atoms. The molecule has 0 spiro atoms. The van der Waals surface area contributed by atoms with Gasteiger partial charge in [0.05, 0.1) is 6.61 Å². The van der Waals surface area contributed by atoms with E-state index in [9.17, 15) is 14.4 Å². The van der Waals surface area contributed by atoms with Crippen molar-refractivity contribution >= 4 is 17.8 Å². The van der Waals surface area contributed by atoms with Crippen molar-refractivity contribution in [2.24, 2.45) is 0 Å². The number of ether oxygens (including phenoxy) is 2. The molecule has 0 fully saturated rings. The number of esters is 1. The number of alkyl carbamates (subject to hydrolysis) is 1. The summed E-state index contributed by atoms with van der Waals surface area (Å²) in [6.45, 7) is 6.94. The van der Waals surface area contributed by atoms with Crippen molar-refractivity contribution in [2.45, 2.75) is 45.8 Å². The van der Waals surface area contributed by atoms with E-state index in [1.54, 1.807) is 58.0 Å². The molecule has 1 rings (SSSR count). The van der Waals surface area contributed by atoms with E-state index in [1.165, 1.54) is 0 Å². The third-order valence-electron chi connectivity index (χ3n) is 2.75. The summed E-state index contributed by atoms with van der Waals surface area (Å²) >= 11 is 0. The lowest BCUT2D eigenvalue weighted by Gasteiger charge is -2.22. The van der Waals surface area contributed by atoms with Gasteiger partial charge in [-0.05, 0) is 27.7 Å². The molecule has 0 heterocycles. The predicted molar refractivity (Wildman–Crippen MR) is 85.2 cm³/mol. The highest BCUT2D eigenvalue weighted by molar-refractivity contribution is 5.99. The van der Waals surface area contributed by atoms with Gasteiger partial charge in [0.25, 0.3) is 0 Å². The SMILES string of the molecule is CCOC(=O)[C@H](CC(=O)c1ccccc1)NC(=O)OC(C)(C)C. The molecular weight excluding hydrogens is 298 g/mol. The highest BCUT2D eigenvalue weighted by atomic mass is 16.6. The standard InChI is InChI=1S/C17H23NO5/c1-5-22-15(20)13(18-16(21)23-17(2,3)4)11-14(19)12-9-7-6-8-10-12/h6-10,13H,5,11H2,1-4H3,(H,18,21)/t13-/m0/s1. The molecule has 0 saturated heterocycles. The zero-order valence-electron chi connectivity index (χ0n) is 13.9. The smallest absolute Gasteiger partial charge is 0.408 e. The maximum absolute atomic E-state index is 12.2. The van der Waals surface area contributed by atoms with Gasteiger partial charge >= 0.3 is 12.1 Å². The molecular formula is C17H23NO5. The molecule has 0 radical (unpaired) electrons. The third kappa shape index (κ3) is 6.95. The molecule has 23 heavy (non-hydrogen) atoms. The fourth-order valence-corrected chi connectivity index (χ4v) is 1.81. The molecule has 0 aliphatic carbocycles. The number of amides is 1. The Kier molecular flexibility index (Phi) is 6.75. The Balaban J connectivity index is 2.78. The van der Waals surface area contributed by atoms with E-state index in [0.717, 1.165) is 0 Å². The summed E-state index contributed by atoms with van der Waals surface area (Å²) in [5.41, 5.74) is -0.236. The van der Waals surface area contributed by atoms with E-state index >= 15 is 0 Å². The zero-order chi connectivity index (χ0) is 17.5. The molecule has 1 N–H and O–H groups in total. The Morgan fingerprint density at radius 3 is 2.26 bits per heavy atom. The zero-order valence-corrected chi connectivity index (χ0v) is 13.9. The van der Waals surface area contributed by atoms with Crippen LogP contribution in [0.4, 0.5) is 4.79 Å². The number of benzene rings is 1. The Bertz CT molecular complexity index is 548. The quantitative estimate of drug-likeness (QED) is 0.643. The van der Waals surface area contributed by atoms with Crippen molar-refractivity contribution in [2.75, 3.05) is 6.61 Å². The molecule has 6 nitrogen and oxygen atoms in total. The van der Waals surface area contributed by atoms with Crippen molar-refractivity contribution in [3.05, 3.63) is 35.9 Å². The Labute approximate surface area is 136 Å². The van der Waals surface area contributed by atoms with Crippen LogP contribution < -0.4 is 5.32 Å². The van der Waals surface area contributed by atoms with E-state index in [4.69, 9.17) is 9.47 Å². The highest BCUT2D eigenvalue weighted by Crippen LogP contribution is 2.10. The van der Waals surface area contributed by atoms with Crippen LogP contribution in [-0.4, -0.2) is 36.1 Å². The van der Waals surface area contributed by atoms with Crippen LogP contribution in [0.2, 0.25) is 0 Å². The Hall–Kier alpha value is -2.37. The van der Waals surface area contributed by atoms with Gasteiger partial charge in [-0.3, -0.25) is 4.79 Å². The van der Waals surface area contributed by atoms with Crippen LogP contribution in [-0.2, 0) is 14.3 Å². The summed E-state index contributed by atoms with van der Waals surface area (Å²) < 4.78 is 10.0. The molecule has 0 aliphatic heterocycles. The normalized spacial score (nSPS) is 12.2. The van der Waals surface area contributed by atoms with Crippen molar-refractivity contribution in [1.82, 2.24) is 5.32 Å². The first-order valence-electron chi connectivity index (χ1n) is 7.47. The van der Waals surface area contributed by atoms with Gasteiger partial charge in [0.15, 0.2) is 5.78 Å². The average molecular weight is 321 g/mol. The van der Waals surface area contributed by atoms with E-state index in [-0.39, 0.29) is 18.8 Å². The molecule has 1 atom stereocenters. The number of rotatable bonds is 6. The topological polar surface area (TPSA) is 81.7 Å². The van der Waals surface area contributed by atoms with E-state index in [0.29, 0.717) is 5.56 Å². The van der Waals surface area contributed by atoms with E-state index in [2.05, 4.69) is 5.32 Å². The average Bonchev–Trinajstić information content (AvgIpc) is 2.45. The van der Waals surface area contributed by atoms with Crippen LogP contribution >= 0.6 is 0 Å². The maximum Gasteiger partial charge on any atom is 0.408 e. The molecule has 1 aromatic rings. The number of hydrogen-bond acceptors (Lipinski definition) is 5. The van der Waals surface area contributed by atoms with Crippen LogP contribution in [0.15, 0.2) is 30.3 Å². The van der Waals surface area contributed by atoms with E-state index in [1.807, 2.05) is 0 Å². The van der Waals surface area contributed by atoms with Gasteiger partial charge in [0.2, 0.25) is 0 Å². The number of ketones is 1. The third-order valence-corrected chi connectivity index (χ3v) is 2.75. The van der Waals surface area contributed by atoms with Crippen molar-refractivity contribution in [1.29, 1.82) is 0 Å². The summed E-state index contributed by atoms with van der Waals surface area (Å²) in [6.07, 6.45) is -0.960. The summed E-state index contributed by atoms with van der Waals surface area (Å²) in [7, 11) is 0. The molecule has 0 aliphatic rings. The molecule has 0 aromatic heterocycles. The lowest BCUT2D eigenvalue weighted by molar-refractivity contribution is -0.145. The minimum absolute atomic E-state index is 0.158. The largest absolute Gasteiger partial charge is 0.464 e. The van der Waals surface area contributed by atoms with Crippen molar-refractivity contribution in [3.8, 4) is 0 Å². The highest BCUT2D eigenvalue weighted by Gasteiger charge is 2.27. The van der Waals surface area contributed by atoms with Gasteiger partial charge < -0.3 is 14.8 Å². The van der Waals surface area contributed by atoms with Crippen LogP contribution in [0.25, 0.3) is 0 Å². The first-order chi connectivity index (χ1) is 10.7. The van der Waals surface area contributed by atoms with Crippen LogP contribution in [0.5, 0.6) is 0 Å². The van der Waals surface area contributed by atoms with Crippen LogP contribution in [0.1, 0.15) is 44.5 Å². The fraction of sp³-hybridized carbons (Fsp3) is 0.471. The Morgan fingerprint density at radius 1 is 1.13 bits per heavy atom. The minimum atomic E-state index is -1.09. The van der Waals surface area contributed by atoms with Gasteiger partial charge in [0, 0.05) is 12.0 Å². The van der Waals surface area contributed by atoms with Crippen LogP contribution in [0.3, 0.4) is 0 Å². The molecule has 6 heteroatoms. The number of hydrogen-bond donors (Lipinski definition) is 1. The second-order valence-corrected chi connectivity index (χ2v) is 5.94. The first kappa shape index (κ1) is 18.7. The summed E-state index contributed by atoms with van der Waals surface area (Å²) in [6, 6.07) is 7.47. The molecule has 0 unspecified atom stereocenters. The van der Waals surface area contributed by atoms with Gasteiger partial charge in [0.1, 0.15) is 11.6 Å². The number of Topliss-reactive ketones (excluding diaryl/α,β-unsaturated/α-hetero) is 1. The molecule has 1 aromatic carbocycles. The second kappa shape index (κ2) is 8.31. The van der Waals surface area contributed by atoms with Gasteiger partial charge in [-0.25, -0.2) is 9.59 Å². The summed E-state index contributed by atoms with van der Waals surface area (Å²) in [5.74, 6) is -0.928. The van der Waals surface area contributed by atoms with Crippen molar-refractivity contribution in [3.63, 3.8) is 0 Å². The number of carbonyl (C=O) groups excluding carboxylic acids is 3. The van der Waals surface area contributed by atoms with Gasteiger partial charge in [-0.2, -0.15) is 0 Å². The number of nitrogens with one attached hydrogen (secondary N) is 1. The van der Waals surface area contributed by atoms with E-state index < -0.39 is 23.7 Å². The lowest BCUT2D eigenvalue weighted by Crippen LogP contribution is -2.45. The first-order valence-corrected chi connectivity index (χ1v) is 7.47. The Morgan fingerprint density at radius 2 is 1.74 bits per heavy atom. The van der Waals surface area contributed by atoms with Crippen molar-refractivity contribution < 1.29 is 23.9 Å². The second-order valence-electron chi connectivity index (χ2n) is 5.94.